The second-order valence-electron chi connectivity index (χ2n) is 7.29. The summed E-state index contributed by atoms with van der Waals surface area (Å²) >= 11 is 3.17. The van der Waals surface area contributed by atoms with Gasteiger partial charge in [0.1, 0.15) is 15.7 Å². The van der Waals surface area contributed by atoms with E-state index in [2.05, 4.69) is 15.3 Å². The maximum absolute atomic E-state index is 12.7. The second-order valence-corrected chi connectivity index (χ2v) is 11.3. The monoisotopic (exact) mass is 462 g/mol. The van der Waals surface area contributed by atoms with Crippen molar-refractivity contribution in [1.82, 2.24) is 9.97 Å². The zero-order chi connectivity index (χ0) is 21.5. The fourth-order valence-corrected chi connectivity index (χ4v) is 6.41. The van der Waals surface area contributed by atoms with Gasteiger partial charge in [-0.05, 0) is 69.4 Å². The van der Waals surface area contributed by atoms with Crippen LogP contribution in [-0.2, 0) is 27.7 Å². The molecule has 1 aliphatic carbocycles. The van der Waals surface area contributed by atoms with Crippen molar-refractivity contribution in [3.05, 3.63) is 40.5 Å². The van der Waals surface area contributed by atoms with E-state index in [0.29, 0.717) is 11.5 Å². The lowest BCUT2D eigenvalue weighted by atomic mass is 9.97. The number of amides is 1. The molecule has 0 spiro atoms. The number of carbonyl (C=O) groups excluding carboxylic acids is 1. The Balaban J connectivity index is 1.55. The van der Waals surface area contributed by atoms with Crippen molar-refractivity contribution in [2.24, 2.45) is 5.14 Å². The molecule has 10 heteroatoms. The number of anilines is 1. The summed E-state index contributed by atoms with van der Waals surface area (Å²) in [7, 11) is -3.76. The fraction of sp³-hybridized carbons (Fsp3) is 0.350. The SMILES string of the molecule is Cc1nc(S[C@@H](C)C(=O)Nc2ccc(S(N)(=O)=O)cc2)c2c3c(sc2n1)CCCC3. The first-order valence-corrected chi connectivity index (χ1v) is 12.9. The van der Waals surface area contributed by atoms with Crippen molar-refractivity contribution in [3.8, 4) is 0 Å². The Morgan fingerprint density at radius 2 is 1.90 bits per heavy atom. The molecule has 0 radical (unpaired) electrons. The van der Waals surface area contributed by atoms with Crippen molar-refractivity contribution in [2.45, 2.75) is 54.7 Å². The van der Waals surface area contributed by atoms with E-state index in [1.54, 1.807) is 11.3 Å². The second kappa shape index (κ2) is 8.26. The number of benzene rings is 1. The van der Waals surface area contributed by atoms with Gasteiger partial charge in [0.05, 0.1) is 10.1 Å². The fourth-order valence-electron chi connectivity index (χ4n) is 3.50. The summed E-state index contributed by atoms with van der Waals surface area (Å²) in [4.78, 5) is 24.4. The van der Waals surface area contributed by atoms with Gasteiger partial charge in [-0.3, -0.25) is 4.79 Å². The standard InChI is InChI=1S/C20H22N4O3S3/c1-11(18(25)24-13-7-9-14(10-8-13)30(21,26)27)28-19-17-15-5-3-4-6-16(15)29-20(17)23-12(2)22-19/h7-11H,3-6H2,1-2H3,(H,24,25)(H2,21,26,27)/t11-/m0/s1. The number of rotatable bonds is 5. The van der Waals surface area contributed by atoms with E-state index in [1.807, 2.05) is 13.8 Å². The average Bonchev–Trinajstić information content (AvgIpc) is 3.05. The molecule has 1 amide bonds. The van der Waals surface area contributed by atoms with Gasteiger partial charge < -0.3 is 5.32 Å². The molecule has 30 heavy (non-hydrogen) atoms. The number of hydrogen-bond donors (Lipinski definition) is 2. The van der Waals surface area contributed by atoms with E-state index < -0.39 is 10.0 Å². The summed E-state index contributed by atoms with van der Waals surface area (Å²) in [5.74, 6) is 0.520. The van der Waals surface area contributed by atoms with Gasteiger partial charge in [-0.2, -0.15) is 0 Å². The van der Waals surface area contributed by atoms with Gasteiger partial charge in [0, 0.05) is 16.0 Å². The van der Waals surface area contributed by atoms with Gasteiger partial charge in [0.25, 0.3) is 0 Å². The molecule has 0 unspecified atom stereocenters. The summed E-state index contributed by atoms with van der Waals surface area (Å²) in [5.41, 5.74) is 1.85. The van der Waals surface area contributed by atoms with Crippen LogP contribution in [0.3, 0.4) is 0 Å². The zero-order valence-corrected chi connectivity index (χ0v) is 19.1. The molecule has 0 saturated heterocycles. The van der Waals surface area contributed by atoms with Crippen LogP contribution in [-0.4, -0.2) is 29.5 Å². The van der Waals surface area contributed by atoms with Crippen molar-refractivity contribution < 1.29 is 13.2 Å². The Labute approximate surface area is 183 Å². The largest absolute Gasteiger partial charge is 0.325 e. The van der Waals surface area contributed by atoms with Crippen LogP contribution in [0.5, 0.6) is 0 Å². The van der Waals surface area contributed by atoms with Gasteiger partial charge >= 0.3 is 0 Å². The topological polar surface area (TPSA) is 115 Å². The zero-order valence-electron chi connectivity index (χ0n) is 16.6. The molecule has 158 valence electrons. The van der Waals surface area contributed by atoms with Crippen LogP contribution in [0, 0.1) is 6.92 Å². The molecule has 0 fully saturated rings. The van der Waals surface area contributed by atoms with E-state index in [0.717, 1.165) is 28.1 Å². The van der Waals surface area contributed by atoms with E-state index in [1.165, 1.54) is 59.3 Å². The van der Waals surface area contributed by atoms with Crippen LogP contribution in [0.25, 0.3) is 10.2 Å². The Bertz CT molecular complexity index is 1220. The van der Waals surface area contributed by atoms with Crippen LogP contribution in [0.15, 0.2) is 34.2 Å². The highest BCUT2D eigenvalue weighted by Gasteiger charge is 2.24. The average molecular weight is 463 g/mol. The number of fused-ring (bicyclic) bond motifs is 3. The van der Waals surface area contributed by atoms with E-state index in [4.69, 9.17) is 5.14 Å². The van der Waals surface area contributed by atoms with Crippen molar-refractivity contribution in [3.63, 3.8) is 0 Å². The predicted molar refractivity (Wildman–Crippen MR) is 121 cm³/mol. The maximum atomic E-state index is 12.7. The number of thiophene rings is 1. The third-order valence-electron chi connectivity index (χ3n) is 5.00. The molecule has 2 heterocycles. The molecular formula is C20H22N4O3S3. The highest BCUT2D eigenvalue weighted by Crippen LogP contribution is 2.40. The summed E-state index contributed by atoms with van der Waals surface area (Å²) in [6, 6.07) is 5.80. The molecule has 1 aromatic carbocycles. The molecule has 0 saturated carbocycles. The smallest absolute Gasteiger partial charge is 0.238 e. The minimum absolute atomic E-state index is 0.00371. The summed E-state index contributed by atoms with van der Waals surface area (Å²) in [6.45, 7) is 3.71. The molecule has 2 aromatic heterocycles. The highest BCUT2D eigenvalue weighted by molar-refractivity contribution is 8.00. The number of thioether (sulfide) groups is 1. The molecule has 0 aliphatic heterocycles. The Morgan fingerprint density at radius 3 is 2.60 bits per heavy atom. The third kappa shape index (κ3) is 4.36. The molecule has 0 bridgehead atoms. The Hall–Kier alpha value is -2.01. The third-order valence-corrected chi connectivity index (χ3v) is 8.20. The number of primary sulfonamides is 1. The normalized spacial score (nSPS) is 15.0. The Kier molecular flexibility index (Phi) is 5.84. The predicted octanol–water partition coefficient (Wildman–Crippen LogP) is 3.65. The number of hydrogen-bond acceptors (Lipinski definition) is 7. The summed E-state index contributed by atoms with van der Waals surface area (Å²) in [5, 5.41) is 9.49. The van der Waals surface area contributed by atoms with Crippen LogP contribution >= 0.6 is 23.1 Å². The maximum Gasteiger partial charge on any atom is 0.238 e. The van der Waals surface area contributed by atoms with E-state index in [-0.39, 0.29) is 16.1 Å². The van der Waals surface area contributed by atoms with Crippen molar-refractivity contribution >= 4 is 54.9 Å². The van der Waals surface area contributed by atoms with Gasteiger partial charge in [-0.1, -0.05) is 11.8 Å². The van der Waals surface area contributed by atoms with Crippen molar-refractivity contribution in [1.29, 1.82) is 0 Å². The van der Waals surface area contributed by atoms with Crippen LogP contribution in [0.2, 0.25) is 0 Å². The number of nitrogens with two attached hydrogens (primary N) is 1. The number of nitrogens with zero attached hydrogens (tertiary/aromatic N) is 2. The van der Waals surface area contributed by atoms with Gasteiger partial charge in [0.2, 0.25) is 15.9 Å². The molecular weight excluding hydrogens is 440 g/mol. The first kappa shape index (κ1) is 21.2. The molecule has 4 rings (SSSR count). The highest BCUT2D eigenvalue weighted by atomic mass is 32.2. The summed E-state index contributed by atoms with van der Waals surface area (Å²) < 4.78 is 22.7. The van der Waals surface area contributed by atoms with Crippen molar-refractivity contribution in [2.75, 3.05) is 5.32 Å². The lowest BCUT2D eigenvalue weighted by Gasteiger charge is -2.14. The number of aryl methyl sites for hydroxylation is 3. The minimum atomic E-state index is -3.76. The van der Waals surface area contributed by atoms with Gasteiger partial charge in [0.15, 0.2) is 0 Å². The quantitative estimate of drug-likeness (QED) is 0.442. The van der Waals surface area contributed by atoms with E-state index in [9.17, 15) is 13.2 Å². The number of carbonyl (C=O) groups is 1. The lowest BCUT2D eigenvalue weighted by molar-refractivity contribution is -0.115. The summed E-state index contributed by atoms with van der Waals surface area (Å²) in [6.07, 6.45) is 4.50. The van der Waals surface area contributed by atoms with Crippen LogP contribution < -0.4 is 10.5 Å². The molecule has 1 atom stereocenters. The van der Waals surface area contributed by atoms with Gasteiger partial charge in [-0.25, -0.2) is 23.5 Å². The minimum Gasteiger partial charge on any atom is -0.325 e. The van der Waals surface area contributed by atoms with Crippen LogP contribution in [0.4, 0.5) is 5.69 Å². The molecule has 3 N–H and O–H groups in total. The lowest BCUT2D eigenvalue weighted by Crippen LogP contribution is -2.22. The Morgan fingerprint density at radius 1 is 1.20 bits per heavy atom. The number of aromatic nitrogens is 2. The first-order valence-electron chi connectivity index (χ1n) is 9.61. The number of sulfonamides is 1. The van der Waals surface area contributed by atoms with Gasteiger partial charge in [-0.15, -0.1) is 11.3 Å². The molecule has 1 aliphatic rings. The number of nitrogens with one attached hydrogen (secondary N) is 1. The van der Waals surface area contributed by atoms with E-state index >= 15 is 0 Å². The molecule has 3 aromatic rings. The van der Waals surface area contributed by atoms with Crippen LogP contribution in [0.1, 0.15) is 36.0 Å². The molecule has 7 nitrogen and oxygen atoms in total. The first-order chi connectivity index (χ1) is 14.2.